The van der Waals surface area contributed by atoms with Crippen LogP contribution >= 0.6 is 0 Å². The summed E-state index contributed by atoms with van der Waals surface area (Å²) < 4.78 is 5.58. The molecule has 0 bridgehead atoms. The van der Waals surface area contributed by atoms with Crippen molar-refractivity contribution in [1.82, 2.24) is 14.8 Å². The molecule has 1 fully saturated rings. The summed E-state index contributed by atoms with van der Waals surface area (Å²) in [5, 5.41) is 8.87. The normalized spacial score (nSPS) is 18.8. The van der Waals surface area contributed by atoms with Gasteiger partial charge in [-0.3, -0.25) is 9.80 Å². The second-order valence-corrected chi connectivity index (χ2v) is 4.59. The molecule has 1 aliphatic rings. The topological polar surface area (TPSA) is 52.7 Å². The Hall–Kier alpha value is -0.910. The highest BCUT2D eigenvalue weighted by atomic mass is 16.4. The molecule has 1 N–H and O–H groups in total. The SMILES string of the molecule is Cc1nc(CN2CCN(CCO)CC2)oc1C. The van der Waals surface area contributed by atoms with Gasteiger partial charge in [-0.05, 0) is 13.8 Å². The zero-order chi connectivity index (χ0) is 12.3. The van der Waals surface area contributed by atoms with Gasteiger partial charge < -0.3 is 9.52 Å². The Bertz CT molecular complexity index is 337. The van der Waals surface area contributed by atoms with Crippen molar-refractivity contribution in [3.8, 4) is 0 Å². The summed E-state index contributed by atoms with van der Waals surface area (Å²) in [6.07, 6.45) is 0. The van der Waals surface area contributed by atoms with Crippen LogP contribution in [-0.4, -0.2) is 59.2 Å². The molecular weight excluding hydrogens is 218 g/mol. The average Bonchev–Trinajstić information content (AvgIpc) is 2.61. The van der Waals surface area contributed by atoms with Crippen molar-refractivity contribution in [2.75, 3.05) is 39.3 Å². The molecule has 5 heteroatoms. The smallest absolute Gasteiger partial charge is 0.208 e. The highest BCUT2D eigenvalue weighted by Crippen LogP contribution is 2.12. The molecule has 17 heavy (non-hydrogen) atoms. The standard InChI is InChI=1S/C12H21N3O2/c1-10-11(2)17-12(13-10)9-15-5-3-14(4-6-15)7-8-16/h16H,3-9H2,1-2H3. The predicted molar refractivity (Wildman–Crippen MR) is 64.8 cm³/mol. The van der Waals surface area contributed by atoms with Crippen LogP contribution in [0.5, 0.6) is 0 Å². The first-order valence-corrected chi connectivity index (χ1v) is 6.17. The summed E-state index contributed by atoms with van der Waals surface area (Å²) in [7, 11) is 0. The molecule has 1 aromatic heterocycles. The zero-order valence-electron chi connectivity index (χ0n) is 10.6. The van der Waals surface area contributed by atoms with E-state index in [4.69, 9.17) is 9.52 Å². The summed E-state index contributed by atoms with van der Waals surface area (Å²) in [4.78, 5) is 9.02. The molecule has 0 atom stereocenters. The number of hydrogen-bond donors (Lipinski definition) is 1. The molecule has 0 radical (unpaired) electrons. The van der Waals surface area contributed by atoms with Gasteiger partial charge in [-0.1, -0.05) is 0 Å². The van der Waals surface area contributed by atoms with Crippen LogP contribution in [0.25, 0.3) is 0 Å². The molecule has 0 spiro atoms. The van der Waals surface area contributed by atoms with Crippen LogP contribution in [0, 0.1) is 13.8 Å². The first-order chi connectivity index (χ1) is 8.19. The number of aliphatic hydroxyl groups is 1. The summed E-state index contributed by atoms with van der Waals surface area (Å²) in [5.74, 6) is 1.73. The highest BCUT2D eigenvalue weighted by molar-refractivity contribution is 5.05. The van der Waals surface area contributed by atoms with Crippen molar-refractivity contribution in [2.45, 2.75) is 20.4 Å². The van der Waals surface area contributed by atoms with Gasteiger partial charge >= 0.3 is 0 Å². The maximum atomic E-state index is 8.87. The number of hydrogen-bond acceptors (Lipinski definition) is 5. The number of nitrogens with zero attached hydrogens (tertiary/aromatic N) is 3. The van der Waals surface area contributed by atoms with E-state index in [-0.39, 0.29) is 6.61 Å². The fourth-order valence-electron chi connectivity index (χ4n) is 2.11. The quantitative estimate of drug-likeness (QED) is 0.824. The molecule has 2 rings (SSSR count). The number of aromatic nitrogens is 1. The molecule has 2 heterocycles. The van der Waals surface area contributed by atoms with E-state index < -0.39 is 0 Å². The molecule has 0 aliphatic carbocycles. The Labute approximate surface area is 102 Å². The van der Waals surface area contributed by atoms with Gasteiger partial charge in [-0.25, -0.2) is 4.98 Å². The highest BCUT2D eigenvalue weighted by Gasteiger charge is 2.18. The van der Waals surface area contributed by atoms with E-state index in [1.54, 1.807) is 0 Å². The molecular formula is C12H21N3O2. The third kappa shape index (κ3) is 3.28. The molecule has 96 valence electrons. The van der Waals surface area contributed by atoms with Crippen LogP contribution < -0.4 is 0 Å². The van der Waals surface area contributed by atoms with Crippen molar-refractivity contribution < 1.29 is 9.52 Å². The second-order valence-electron chi connectivity index (χ2n) is 4.59. The van der Waals surface area contributed by atoms with Crippen LogP contribution in [0.4, 0.5) is 0 Å². The van der Waals surface area contributed by atoms with Crippen LogP contribution in [-0.2, 0) is 6.54 Å². The zero-order valence-corrected chi connectivity index (χ0v) is 10.6. The van der Waals surface area contributed by atoms with Crippen LogP contribution in [0.1, 0.15) is 17.3 Å². The molecule has 0 amide bonds. The Morgan fingerprint density at radius 3 is 2.35 bits per heavy atom. The minimum absolute atomic E-state index is 0.248. The van der Waals surface area contributed by atoms with Gasteiger partial charge in [-0.15, -0.1) is 0 Å². The molecule has 1 aliphatic heterocycles. The summed E-state index contributed by atoms with van der Waals surface area (Å²) in [6, 6.07) is 0. The Balaban J connectivity index is 1.81. The van der Waals surface area contributed by atoms with Gasteiger partial charge in [0.15, 0.2) is 0 Å². The van der Waals surface area contributed by atoms with E-state index in [2.05, 4.69) is 14.8 Å². The van der Waals surface area contributed by atoms with Gasteiger partial charge in [0, 0.05) is 32.7 Å². The van der Waals surface area contributed by atoms with E-state index in [1.165, 1.54) is 0 Å². The minimum Gasteiger partial charge on any atom is -0.444 e. The van der Waals surface area contributed by atoms with Crippen molar-refractivity contribution in [2.24, 2.45) is 0 Å². The minimum atomic E-state index is 0.248. The fraction of sp³-hybridized carbons (Fsp3) is 0.750. The van der Waals surface area contributed by atoms with Gasteiger partial charge in [-0.2, -0.15) is 0 Å². The molecule has 0 aromatic carbocycles. The third-order valence-corrected chi connectivity index (χ3v) is 3.31. The van der Waals surface area contributed by atoms with Crippen molar-refractivity contribution in [3.63, 3.8) is 0 Å². The van der Waals surface area contributed by atoms with Crippen LogP contribution in [0.2, 0.25) is 0 Å². The summed E-state index contributed by atoms with van der Waals surface area (Å²) in [6.45, 7) is 9.80. The number of aryl methyl sites for hydroxylation is 2. The molecule has 1 aromatic rings. The number of oxazole rings is 1. The van der Waals surface area contributed by atoms with E-state index >= 15 is 0 Å². The second kappa shape index (κ2) is 5.62. The fourth-order valence-corrected chi connectivity index (χ4v) is 2.11. The van der Waals surface area contributed by atoms with E-state index in [9.17, 15) is 0 Å². The Kier molecular flexibility index (Phi) is 4.15. The lowest BCUT2D eigenvalue weighted by atomic mass is 10.3. The predicted octanol–water partition coefficient (Wildman–Crippen LogP) is 0.401. The molecule has 0 unspecified atom stereocenters. The van der Waals surface area contributed by atoms with Gasteiger partial charge in [0.25, 0.3) is 0 Å². The van der Waals surface area contributed by atoms with E-state index in [0.717, 1.165) is 56.6 Å². The molecule has 0 saturated carbocycles. The lowest BCUT2D eigenvalue weighted by Gasteiger charge is -2.33. The van der Waals surface area contributed by atoms with Gasteiger partial charge in [0.05, 0.1) is 18.8 Å². The van der Waals surface area contributed by atoms with E-state index in [1.807, 2.05) is 13.8 Å². The Morgan fingerprint density at radius 1 is 1.18 bits per heavy atom. The third-order valence-electron chi connectivity index (χ3n) is 3.31. The Morgan fingerprint density at radius 2 is 1.82 bits per heavy atom. The van der Waals surface area contributed by atoms with Crippen LogP contribution in [0.3, 0.4) is 0 Å². The lowest BCUT2D eigenvalue weighted by molar-refractivity contribution is 0.102. The number of rotatable bonds is 4. The number of piperazine rings is 1. The van der Waals surface area contributed by atoms with E-state index in [0.29, 0.717) is 0 Å². The maximum absolute atomic E-state index is 8.87. The van der Waals surface area contributed by atoms with Crippen LogP contribution in [0.15, 0.2) is 4.42 Å². The molecule has 1 saturated heterocycles. The number of β-amino-alcohol motifs (C(OH)–C–C–N with tert-alkyl or cyclic N) is 1. The van der Waals surface area contributed by atoms with Gasteiger partial charge in [0.2, 0.25) is 5.89 Å². The van der Waals surface area contributed by atoms with Crippen molar-refractivity contribution >= 4 is 0 Å². The monoisotopic (exact) mass is 239 g/mol. The lowest BCUT2D eigenvalue weighted by Crippen LogP contribution is -2.46. The maximum Gasteiger partial charge on any atom is 0.208 e. The first kappa shape index (κ1) is 12.5. The largest absolute Gasteiger partial charge is 0.444 e. The summed E-state index contributed by atoms with van der Waals surface area (Å²) in [5.41, 5.74) is 0.985. The van der Waals surface area contributed by atoms with Gasteiger partial charge in [0.1, 0.15) is 5.76 Å². The average molecular weight is 239 g/mol. The molecule has 5 nitrogen and oxygen atoms in total. The summed E-state index contributed by atoms with van der Waals surface area (Å²) >= 11 is 0. The van der Waals surface area contributed by atoms with Crippen molar-refractivity contribution in [1.29, 1.82) is 0 Å². The number of aliphatic hydroxyl groups excluding tert-OH is 1. The first-order valence-electron chi connectivity index (χ1n) is 6.17. The van der Waals surface area contributed by atoms with Crippen molar-refractivity contribution in [3.05, 3.63) is 17.3 Å².